The van der Waals surface area contributed by atoms with Crippen molar-refractivity contribution in [1.29, 1.82) is 0 Å². The van der Waals surface area contributed by atoms with Gasteiger partial charge in [0.1, 0.15) is 21.8 Å². The average molecular weight is 472 g/mol. The molecule has 2 N–H and O–H groups in total. The highest BCUT2D eigenvalue weighted by Crippen LogP contribution is 2.34. The van der Waals surface area contributed by atoms with Crippen LogP contribution in [-0.2, 0) is 22.2 Å². The molecule has 4 rings (SSSR count). The lowest BCUT2D eigenvalue weighted by Crippen LogP contribution is -2.34. The maximum absolute atomic E-state index is 12.9. The van der Waals surface area contributed by atoms with E-state index in [1.165, 1.54) is 11.5 Å². The standard InChI is InChI=1S/C21H23N5O2S2.C2H6/c1-13-7-8-15(21-23-14(2)24-29-21)11-18(13)22-12-20(27)26-10-9-16-17(25-30(3)28)5-4-6-19(16)26;1-2/h4-8,11,22,25H,9-10,12H2,1-3H3;1-2H3. The van der Waals surface area contributed by atoms with Crippen LogP contribution < -0.4 is 14.9 Å². The van der Waals surface area contributed by atoms with Gasteiger partial charge in [0.05, 0.1) is 12.2 Å². The van der Waals surface area contributed by atoms with Crippen molar-refractivity contribution < 1.29 is 9.00 Å². The molecule has 1 amide bonds. The number of anilines is 3. The normalized spacial score (nSPS) is 13.1. The van der Waals surface area contributed by atoms with Crippen molar-refractivity contribution in [2.75, 3.05) is 34.3 Å². The van der Waals surface area contributed by atoms with E-state index in [4.69, 9.17) is 0 Å². The largest absolute Gasteiger partial charge is 0.376 e. The Kier molecular flexibility index (Phi) is 7.98. The van der Waals surface area contributed by atoms with Crippen molar-refractivity contribution in [1.82, 2.24) is 9.36 Å². The zero-order chi connectivity index (χ0) is 23.3. The summed E-state index contributed by atoms with van der Waals surface area (Å²) >= 11 is 1.37. The molecule has 32 heavy (non-hydrogen) atoms. The number of nitrogens with zero attached hydrogens (tertiary/aromatic N) is 3. The van der Waals surface area contributed by atoms with Crippen molar-refractivity contribution in [2.45, 2.75) is 34.1 Å². The van der Waals surface area contributed by atoms with Gasteiger partial charge in [-0.05, 0) is 55.6 Å². The molecule has 9 heteroatoms. The summed E-state index contributed by atoms with van der Waals surface area (Å²) < 4.78 is 18.8. The van der Waals surface area contributed by atoms with Gasteiger partial charge in [-0.3, -0.25) is 4.79 Å². The topological polar surface area (TPSA) is 87.2 Å². The van der Waals surface area contributed by atoms with Crippen LogP contribution in [0.3, 0.4) is 0 Å². The number of amides is 1. The zero-order valence-electron chi connectivity index (χ0n) is 19.1. The molecule has 0 radical (unpaired) electrons. The molecule has 1 aromatic heterocycles. The first-order chi connectivity index (χ1) is 15.4. The highest BCUT2D eigenvalue weighted by molar-refractivity contribution is 7.85. The first kappa shape index (κ1) is 23.9. The zero-order valence-corrected chi connectivity index (χ0v) is 20.7. The predicted molar refractivity (Wildman–Crippen MR) is 135 cm³/mol. The Hall–Kier alpha value is -2.78. The molecule has 2 heterocycles. The van der Waals surface area contributed by atoms with Gasteiger partial charge in [-0.15, -0.1) is 0 Å². The lowest BCUT2D eigenvalue weighted by atomic mass is 10.1. The molecule has 3 aromatic rings. The van der Waals surface area contributed by atoms with Crippen LogP contribution in [0, 0.1) is 13.8 Å². The second-order valence-electron chi connectivity index (χ2n) is 7.18. The van der Waals surface area contributed by atoms with Crippen molar-refractivity contribution in [3.63, 3.8) is 0 Å². The number of hydrogen-bond donors (Lipinski definition) is 2. The number of nitrogens with one attached hydrogen (secondary N) is 2. The second kappa shape index (κ2) is 10.7. The molecule has 2 aromatic carbocycles. The molecule has 0 spiro atoms. The summed E-state index contributed by atoms with van der Waals surface area (Å²) in [5.74, 6) is 0.758. The number of aromatic nitrogens is 2. The van der Waals surface area contributed by atoms with Crippen molar-refractivity contribution >= 4 is 45.5 Å². The molecule has 7 nitrogen and oxygen atoms in total. The molecule has 0 saturated heterocycles. The SMILES string of the molecule is CC.Cc1nsc(-c2ccc(C)c(NCC(=O)N3CCc4c(NS(C)=O)cccc43)c2)n1. The van der Waals surface area contributed by atoms with Gasteiger partial charge in [-0.25, -0.2) is 9.19 Å². The van der Waals surface area contributed by atoms with Gasteiger partial charge in [-0.2, -0.15) is 4.37 Å². The lowest BCUT2D eigenvalue weighted by molar-refractivity contribution is -0.116. The van der Waals surface area contributed by atoms with Crippen molar-refractivity contribution in [3.8, 4) is 10.6 Å². The van der Waals surface area contributed by atoms with E-state index in [-0.39, 0.29) is 12.5 Å². The van der Waals surface area contributed by atoms with E-state index < -0.39 is 11.0 Å². The molecular weight excluding hydrogens is 442 g/mol. The van der Waals surface area contributed by atoms with E-state index in [0.717, 1.165) is 51.0 Å². The van der Waals surface area contributed by atoms with E-state index in [2.05, 4.69) is 19.4 Å². The third kappa shape index (κ3) is 5.34. The minimum Gasteiger partial charge on any atom is -0.376 e. The van der Waals surface area contributed by atoms with Gasteiger partial charge in [0.15, 0.2) is 0 Å². The van der Waals surface area contributed by atoms with Crippen LogP contribution in [-0.4, -0.2) is 38.8 Å². The van der Waals surface area contributed by atoms with Crippen LogP contribution in [0.1, 0.15) is 30.8 Å². The number of benzene rings is 2. The Morgan fingerprint density at radius 3 is 2.66 bits per heavy atom. The Morgan fingerprint density at radius 1 is 1.19 bits per heavy atom. The van der Waals surface area contributed by atoms with Crippen LogP contribution in [0.25, 0.3) is 10.6 Å². The fraction of sp³-hybridized carbons (Fsp3) is 0.348. The Labute approximate surface area is 196 Å². The van der Waals surface area contributed by atoms with E-state index in [1.807, 2.05) is 64.1 Å². The van der Waals surface area contributed by atoms with Crippen LogP contribution in [0.2, 0.25) is 0 Å². The van der Waals surface area contributed by atoms with Crippen LogP contribution in [0.15, 0.2) is 36.4 Å². The smallest absolute Gasteiger partial charge is 0.246 e. The van der Waals surface area contributed by atoms with E-state index >= 15 is 0 Å². The summed E-state index contributed by atoms with van der Waals surface area (Å²) in [5, 5.41) is 4.15. The average Bonchev–Trinajstić information content (AvgIpc) is 3.41. The third-order valence-corrected chi connectivity index (χ3v) is 6.39. The maximum atomic E-state index is 12.9. The van der Waals surface area contributed by atoms with Crippen molar-refractivity contribution in [2.24, 2.45) is 0 Å². The number of carbonyl (C=O) groups is 1. The van der Waals surface area contributed by atoms with Gasteiger partial charge in [-0.1, -0.05) is 32.0 Å². The number of carbonyl (C=O) groups excluding carboxylic acids is 1. The summed E-state index contributed by atoms with van der Waals surface area (Å²) in [6.45, 7) is 8.69. The van der Waals surface area contributed by atoms with Gasteiger partial charge >= 0.3 is 0 Å². The van der Waals surface area contributed by atoms with Crippen LogP contribution >= 0.6 is 11.5 Å². The number of hydrogen-bond acceptors (Lipinski definition) is 6. The minimum absolute atomic E-state index is 0.0000775. The first-order valence-corrected chi connectivity index (χ1v) is 12.9. The van der Waals surface area contributed by atoms with Gasteiger partial charge in [0.2, 0.25) is 5.91 Å². The Balaban J connectivity index is 0.00000141. The fourth-order valence-electron chi connectivity index (χ4n) is 3.57. The van der Waals surface area contributed by atoms with Gasteiger partial charge in [0.25, 0.3) is 0 Å². The van der Waals surface area contributed by atoms with E-state index in [1.54, 1.807) is 11.2 Å². The number of rotatable bonds is 6. The summed E-state index contributed by atoms with van der Waals surface area (Å²) in [4.78, 5) is 19.2. The number of fused-ring (bicyclic) bond motifs is 1. The maximum Gasteiger partial charge on any atom is 0.246 e. The molecular formula is C23H29N5O2S2. The van der Waals surface area contributed by atoms with Gasteiger partial charge in [0, 0.05) is 35.3 Å². The first-order valence-electron chi connectivity index (χ1n) is 10.6. The molecule has 170 valence electrons. The molecule has 1 aliphatic heterocycles. The monoisotopic (exact) mass is 471 g/mol. The third-order valence-electron chi connectivity index (χ3n) is 5.02. The summed E-state index contributed by atoms with van der Waals surface area (Å²) in [7, 11) is -1.15. The Bertz CT molecular complexity index is 1130. The molecule has 0 aliphatic carbocycles. The molecule has 0 bridgehead atoms. The molecule has 1 aliphatic rings. The summed E-state index contributed by atoms with van der Waals surface area (Å²) in [6, 6.07) is 11.8. The van der Waals surface area contributed by atoms with Gasteiger partial charge < -0.3 is 14.9 Å². The van der Waals surface area contributed by atoms with E-state index in [0.29, 0.717) is 6.54 Å². The van der Waals surface area contributed by atoms with Crippen molar-refractivity contribution in [3.05, 3.63) is 53.3 Å². The second-order valence-corrected chi connectivity index (χ2v) is 9.05. The molecule has 0 saturated carbocycles. The number of aryl methyl sites for hydroxylation is 2. The Morgan fingerprint density at radius 2 is 1.97 bits per heavy atom. The predicted octanol–water partition coefficient (Wildman–Crippen LogP) is 4.55. The fourth-order valence-corrected chi connectivity index (χ4v) is 4.74. The minimum atomic E-state index is -1.15. The molecule has 1 atom stereocenters. The summed E-state index contributed by atoms with van der Waals surface area (Å²) in [5.41, 5.74) is 5.69. The highest BCUT2D eigenvalue weighted by Gasteiger charge is 2.26. The molecule has 0 fully saturated rings. The van der Waals surface area contributed by atoms with Crippen LogP contribution in [0.5, 0.6) is 0 Å². The summed E-state index contributed by atoms with van der Waals surface area (Å²) in [6.07, 6.45) is 2.34. The van der Waals surface area contributed by atoms with Crippen LogP contribution in [0.4, 0.5) is 17.1 Å². The molecule has 1 unspecified atom stereocenters. The lowest BCUT2D eigenvalue weighted by Gasteiger charge is -2.19. The highest BCUT2D eigenvalue weighted by atomic mass is 32.2. The van der Waals surface area contributed by atoms with E-state index in [9.17, 15) is 9.00 Å². The quantitative estimate of drug-likeness (QED) is 0.551.